The molecule has 1 fully saturated rings. The van der Waals surface area contributed by atoms with Crippen LogP contribution in [0.4, 0.5) is 10.2 Å². The van der Waals surface area contributed by atoms with Crippen LogP contribution in [-0.2, 0) is 0 Å². The van der Waals surface area contributed by atoms with E-state index in [0.717, 1.165) is 39.5 Å². The molecule has 1 atom stereocenters. The van der Waals surface area contributed by atoms with Gasteiger partial charge in [-0.15, -0.1) is 22.7 Å². The van der Waals surface area contributed by atoms with Crippen molar-refractivity contribution in [3.05, 3.63) is 62.9 Å². The minimum absolute atomic E-state index is 0.0416. The van der Waals surface area contributed by atoms with Gasteiger partial charge in [0, 0.05) is 40.2 Å². The molecule has 1 N–H and O–H groups in total. The van der Waals surface area contributed by atoms with Crippen molar-refractivity contribution in [3.8, 4) is 10.4 Å². The highest BCUT2D eigenvalue weighted by atomic mass is 32.1. The summed E-state index contributed by atoms with van der Waals surface area (Å²) in [6.45, 7) is 5.44. The zero-order chi connectivity index (χ0) is 24.3. The van der Waals surface area contributed by atoms with E-state index < -0.39 is 5.82 Å². The number of halogens is 1. The molecule has 0 saturated carbocycles. The van der Waals surface area contributed by atoms with Crippen molar-refractivity contribution in [2.45, 2.75) is 26.3 Å². The Kier molecular flexibility index (Phi) is 5.23. The minimum Gasteiger partial charge on any atom is -0.362 e. The molecule has 0 aliphatic carbocycles. The maximum Gasteiger partial charge on any atom is 0.278 e. The number of aliphatic imine (C=N–C) groups is 1. The summed E-state index contributed by atoms with van der Waals surface area (Å²) in [5, 5.41) is 4.28. The lowest BCUT2D eigenvalue weighted by Crippen LogP contribution is -2.41. The fraction of sp³-hybridized carbons (Fsp3) is 0.240. The number of thiophene rings is 2. The molecule has 6 rings (SSSR count). The quantitative estimate of drug-likeness (QED) is 0.389. The largest absolute Gasteiger partial charge is 0.362 e. The number of anilines is 1. The third-order valence-electron chi connectivity index (χ3n) is 6.20. The molecule has 10 heteroatoms. The van der Waals surface area contributed by atoms with Crippen LogP contribution in [0.2, 0.25) is 0 Å². The summed E-state index contributed by atoms with van der Waals surface area (Å²) in [7, 11) is 0. The maximum absolute atomic E-state index is 14.2. The summed E-state index contributed by atoms with van der Waals surface area (Å²) in [6, 6.07) is 8.33. The van der Waals surface area contributed by atoms with Gasteiger partial charge in [-0.25, -0.2) is 19.4 Å². The second-order valence-electron chi connectivity index (χ2n) is 8.64. The predicted molar refractivity (Wildman–Crippen MR) is 136 cm³/mol. The Morgan fingerprint density at radius 2 is 2.00 bits per heavy atom. The minimum atomic E-state index is -0.402. The Morgan fingerprint density at radius 3 is 2.77 bits per heavy atom. The van der Waals surface area contributed by atoms with Crippen molar-refractivity contribution in [3.63, 3.8) is 0 Å². The van der Waals surface area contributed by atoms with Gasteiger partial charge in [0.15, 0.2) is 0 Å². The summed E-state index contributed by atoms with van der Waals surface area (Å²) in [5.41, 5.74) is 1.50. The summed E-state index contributed by atoms with van der Waals surface area (Å²) in [5.74, 6) is 0.582. The summed E-state index contributed by atoms with van der Waals surface area (Å²) in [6.07, 6.45) is 2.45. The van der Waals surface area contributed by atoms with Gasteiger partial charge in [-0.3, -0.25) is 9.59 Å². The van der Waals surface area contributed by atoms with E-state index in [1.807, 2.05) is 36.9 Å². The average molecular weight is 506 g/mol. The highest BCUT2D eigenvalue weighted by molar-refractivity contribution is 7.20. The van der Waals surface area contributed by atoms with Crippen LogP contribution in [0.15, 0.2) is 35.3 Å². The average Bonchev–Trinajstić information content (AvgIpc) is 3.50. The standard InChI is InChI=1S/C25H20FN5O2S2/c1-12(18-4-5-19(34-18)16-9-15(26)8-14-11-27-23(32)21(14)16)28-22-17-10-20(25(33)31-6-3-7-31)35-24(17)30-13(2)29-22/h4-5,8-12H,3,6-7H2,1-2H3,(H,28,29,30). The number of aromatic nitrogens is 2. The summed E-state index contributed by atoms with van der Waals surface area (Å²) in [4.78, 5) is 43.0. The SMILES string of the molecule is Cc1nc(NC(C)c2ccc(-c3cc(F)cc4c3C(=O)N=C4)s2)c2cc(C(=O)N3CCC3)sc2n1. The van der Waals surface area contributed by atoms with Crippen LogP contribution in [-0.4, -0.2) is 46.0 Å². The van der Waals surface area contributed by atoms with Gasteiger partial charge in [0.25, 0.3) is 11.8 Å². The van der Waals surface area contributed by atoms with Crippen molar-refractivity contribution < 1.29 is 14.0 Å². The van der Waals surface area contributed by atoms with Gasteiger partial charge in [-0.1, -0.05) is 0 Å². The van der Waals surface area contributed by atoms with Crippen LogP contribution in [0.1, 0.15) is 55.7 Å². The molecular weight excluding hydrogens is 485 g/mol. The number of fused-ring (bicyclic) bond motifs is 2. The summed E-state index contributed by atoms with van der Waals surface area (Å²) >= 11 is 2.88. The molecule has 1 saturated heterocycles. The normalized spacial score (nSPS) is 15.4. The van der Waals surface area contributed by atoms with Crippen LogP contribution in [0.25, 0.3) is 20.7 Å². The molecule has 5 heterocycles. The number of hydrogen-bond acceptors (Lipinski definition) is 7. The first-order valence-corrected chi connectivity index (χ1v) is 12.9. The third-order valence-corrected chi connectivity index (χ3v) is 8.52. The number of carbonyl (C=O) groups is 2. The fourth-order valence-corrected chi connectivity index (χ4v) is 6.36. The number of benzene rings is 1. The van der Waals surface area contributed by atoms with E-state index in [1.54, 1.807) is 0 Å². The van der Waals surface area contributed by atoms with Crippen LogP contribution in [0.3, 0.4) is 0 Å². The topological polar surface area (TPSA) is 87.5 Å². The fourth-order valence-electron chi connectivity index (χ4n) is 4.28. The molecule has 1 unspecified atom stereocenters. The first kappa shape index (κ1) is 22.0. The second kappa shape index (κ2) is 8.31. The number of aryl methyl sites for hydroxylation is 1. The molecule has 1 aromatic carbocycles. The van der Waals surface area contributed by atoms with Crippen molar-refractivity contribution in [2.24, 2.45) is 4.99 Å². The molecule has 0 bridgehead atoms. The van der Waals surface area contributed by atoms with E-state index in [1.165, 1.54) is 41.0 Å². The monoisotopic (exact) mass is 505 g/mol. The smallest absolute Gasteiger partial charge is 0.278 e. The number of nitrogens with one attached hydrogen (secondary N) is 1. The van der Waals surface area contributed by atoms with E-state index in [4.69, 9.17) is 0 Å². The molecule has 2 amide bonds. The van der Waals surface area contributed by atoms with Crippen molar-refractivity contribution >= 4 is 56.7 Å². The molecule has 2 aliphatic heterocycles. The lowest BCUT2D eigenvalue weighted by molar-refractivity contribution is 0.0657. The van der Waals surface area contributed by atoms with Crippen LogP contribution in [0.5, 0.6) is 0 Å². The zero-order valence-electron chi connectivity index (χ0n) is 19.0. The van der Waals surface area contributed by atoms with Crippen molar-refractivity contribution in [1.82, 2.24) is 14.9 Å². The Balaban J connectivity index is 1.30. The molecule has 0 radical (unpaired) electrons. The molecule has 4 aromatic rings. The van der Waals surface area contributed by atoms with Crippen molar-refractivity contribution in [1.29, 1.82) is 0 Å². The van der Waals surface area contributed by atoms with Crippen LogP contribution in [0, 0.1) is 12.7 Å². The van der Waals surface area contributed by atoms with Gasteiger partial charge in [-0.2, -0.15) is 0 Å². The number of hydrogen-bond donors (Lipinski definition) is 1. The Bertz CT molecular complexity index is 1550. The molecule has 0 spiro atoms. The number of rotatable bonds is 5. The molecule has 35 heavy (non-hydrogen) atoms. The first-order chi connectivity index (χ1) is 16.9. The lowest BCUT2D eigenvalue weighted by atomic mass is 10.0. The number of nitrogens with zero attached hydrogens (tertiary/aromatic N) is 4. The third kappa shape index (κ3) is 3.82. The predicted octanol–water partition coefficient (Wildman–Crippen LogP) is 5.46. The van der Waals surface area contributed by atoms with Gasteiger partial charge < -0.3 is 10.2 Å². The van der Waals surface area contributed by atoms with Gasteiger partial charge in [0.1, 0.15) is 22.3 Å². The highest BCUT2D eigenvalue weighted by Gasteiger charge is 2.26. The van der Waals surface area contributed by atoms with E-state index in [0.29, 0.717) is 33.2 Å². The van der Waals surface area contributed by atoms with E-state index in [2.05, 4.69) is 20.3 Å². The van der Waals surface area contributed by atoms with E-state index in [9.17, 15) is 14.0 Å². The molecule has 3 aromatic heterocycles. The maximum atomic E-state index is 14.2. The highest BCUT2D eigenvalue weighted by Crippen LogP contribution is 2.38. The summed E-state index contributed by atoms with van der Waals surface area (Å²) < 4.78 is 14.2. The zero-order valence-corrected chi connectivity index (χ0v) is 20.6. The number of likely N-dealkylation sites (tertiary alicyclic amines) is 1. The Morgan fingerprint density at radius 1 is 1.17 bits per heavy atom. The lowest BCUT2D eigenvalue weighted by Gasteiger charge is -2.30. The van der Waals surface area contributed by atoms with Crippen LogP contribution < -0.4 is 5.32 Å². The van der Waals surface area contributed by atoms with Gasteiger partial charge in [0.05, 0.1) is 21.9 Å². The first-order valence-electron chi connectivity index (χ1n) is 11.2. The Hall–Kier alpha value is -3.50. The number of amides is 2. The molecule has 2 aliphatic rings. The Labute approximate surface area is 208 Å². The molecular formula is C25H20FN5O2S2. The molecule has 7 nitrogen and oxygen atoms in total. The molecule has 176 valence electrons. The van der Waals surface area contributed by atoms with Crippen LogP contribution >= 0.6 is 22.7 Å². The van der Waals surface area contributed by atoms with Gasteiger partial charge in [0.2, 0.25) is 0 Å². The van der Waals surface area contributed by atoms with Gasteiger partial charge >= 0.3 is 0 Å². The van der Waals surface area contributed by atoms with Gasteiger partial charge in [-0.05, 0) is 50.6 Å². The van der Waals surface area contributed by atoms with E-state index in [-0.39, 0.29) is 17.9 Å². The second-order valence-corrected chi connectivity index (χ2v) is 10.8. The van der Waals surface area contributed by atoms with Crippen molar-refractivity contribution in [2.75, 3.05) is 18.4 Å². The van der Waals surface area contributed by atoms with E-state index >= 15 is 0 Å². The number of carbonyl (C=O) groups excluding carboxylic acids is 2.